The molecule has 5 aromatic carbocycles. The molecule has 6 rings (SSSR count). The minimum absolute atomic E-state index is 0.392. The van der Waals surface area contributed by atoms with Crippen molar-refractivity contribution in [2.24, 2.45) is 0 Å². The van der Waals surface area contributed by atoms with Crippen molar-refractivity contribution in [2.75, 3.05) is 6.54 Å². The summed E-state index contributed by atoms with van der Waals surface area (Å²) in [7, 11) is 0. The van der Waals surface area contributed by atoms with E-state index in [-0.39, 0.29) is 0 Å². The lowest BCUT2D eigenvalue weighted by Crippen LogP contribution is -2.82. The summed E-state index contributed by atoms with van der Waals surface area (Å²) in [6, 6.07) is 40.3. The Bertz CT molecular complexity index is 1720. The van der Waals surface area contributed by atoms with Crippen LogP contribution in [-0.4, -0.2) is 17.2 Å². The molecule has 188 valence electrons. The van der Waals surface area contributed by atoms with E-state index in [0.29, 0.717) is 13.1 Å². The molecule has 3 nitrogen and oxygen atoms in total. The molecular formula is C35H32N2O. The standard InChI is InChI=1S/C35H31N2O/c1-24-12-11-19-32(25(24)2)36-22-29(38)23-37-34(28-16-7-4-8-17-28)33(27-14-5-3-6-15-27)31-21-20-26-13-9-10-18-30(26)35(31)37/h3-21,29,36H,22-23H2,1-2H3/q-1/p+1. The lowest BCUT2D eigenvalue weighted by molar-refractivity contribution is -0.613. The van der Waals surface area contributed by atoms with E-state index in [1.165, 1.54) is 32.8 Å². The van der Waals surface area contributed by atoms with Crippen LogP contribution in [0, 0.1) is 13.8 Å². The molecule has 0 radical (unpaired) electrons. The van der Waals surface area contributed by atoms with E-state index in [2.05, 4.69) is 133 Å². The normalized spacial score (nSPS) is 12.3. The molecule has 0 bridgehead atoms. The topological polar surface area (TPSA) is 44.6 Å². The van der Waals surface area contributed by atoms with E-state index < -0.39 is 6.10 Å². The van der Waals surface area contributed by atoms with Crippen LogP contribution < -0.4 is 10.4 Å². The Hall–Kier alpha value is -4.18. The molecule has 0 aliphatic rings. The van der Waals surface area contributed by atoms with Crippen LogP contribution in [-0.2, 0) is 6.54 Å². The van der Waals surface area contributed by atoms with Crippen molar-refractivity contribution in [2.45, 2.75) is 26.5 Å². The zero-order valence-electron chi connectivity index (χ0n) is 21.9. The van der Waals surface area contributed by atoms with E-state index >= 15 is 0 Å². The van der Waals surface area contributed by atoms with Crippen molar-refractivity contribution < 1.29 is 10.4 Å². The molecule has 38 heavy (non-hydrogen) atoms. The van der Waals surface area contributed by atoms with Crippen LogP contribution in [0.15, 0.2) is 115 Å². The van der Waals surface area contributed by atoms with Crippen LogP contribution in [0.1, 0.15) is 11.1 Å². The van der Waals surface area contributed by atoms with Crippen molar-refractivity contribution in [3.05, 3.63) is 126 Å². The number of fused-ring (bicyclic) bond motifs is 3. The van der Waals surface area contributed by atoms with Crippen LogP contribution in [0.2, 0.25) is 0 Å². The Balaban J connectivity index is 1.53. The summed E-state index contributed by atoms with van der Waals surface area (Å²) in [4.78, 5) is 0. The highest BCUT2D eigenvalue weighted by molar-refractivity contribution is 6.15. The molecule has 0 amide bonds. The maximum atomic E-state index is 13.7. The zero-order chi connectivity index (χ0) is 26.1. The first-order valence-corrected chi connectivity index (χ1v) is 13.3. The van der Waals surface area contributed by atoms with Gasteiger partial charge in [0, 0.05) is 28.4 Å². The number of benzene rings is 5. The Kier molecular flexibility index (Phi) is 6.55. The molecule has 3 heteroatoms. The quantitative estimate of drug-likeness (QED) is 0.257. The summed E-state index contributed by atoms with van der Waals surface area (Å²) >= 11 is 0. The van der Waals surface area contributed by atoms with Gasteiger partial charge in [-0.3, -0.25) is 0 Å². The number of quaternary nitrogens is 1. The van der Waals surface area contributed by atoms with Gasteiger partial charge in [0.25, 0.3) is 0 Å². The van der Waals surface area contributed by atoms with Crippen molar-refractivity contribution in [1.29, 1.82) is 0 Å². The molecular weight excluding hydrogens is 464 g/mol. The maximum absolute atomic E-state index is 13.7. The Morgan fingerprint density at radius 2 is 1.37 bits per heavy atom. The molecule has 0 saturated carbocycles. The largest absolute Gasteiger partial charge is 0.847 e. The van der Waals surface area contributed by atoms with Gasteiger partial charge in [-0.1, -0.05) is 115 Å². The van der Waals surface area contributed by atoms with Gasteiger partial charge in [0.1, 0.15) is 5.69 Å². The van der Waals surface area contributed by atoms with Crippen molar-refractivity contribution in [3.63, 3.8) is 0 Å². The minimum atomic E-state index is -0.782. The average Bonchev–Trinajstić information content (AvgIpc) is 3.29. The number of nitrogens with zero attached hydrogens (tertiary/aromatic N) is 1. The molecule has 1 heterocycles. The summed E-state index contributed by atoms with van der Waals surface area (Å²) in [5, 5.41) is 19.4. The van der Waals surface area contributed by atoms with Gasteiger partial charge < -0.3 is 15.0 Å². The van der Waals surface area contributed by atoms with E-state index in [0.717, 1.165) is 28.0 Å². The number of aryl methyl sites for hydroxylation is 1. The molecule has 6 aromatic rings. The molecule has 0 saturated heterocycles. The molecule has 2 N–H and O–H groups in total. The second kappa shape index (κ2) is 10.3. The third-order valence-corrected chi connectivity index (χ3v) is 7.69. The van der Waals surface area contributed by atoms with Gasteiger partial charge in [-0.2, -0.15) is 0 Å². The van der Waals surface area contributed by atoms with E-state index in [1.807, 2.05) is 6.07 Å². The second-order valence-electron chi connectivity index (χ2n) is 10.1. The van der Waals surface area contributed by atoms with Gasteiger partial charge in [-0.25, -0.2) is 0 Å². The highest BCUT2D eigenvalue weighted by atomic mass is 16.3. The minimum Gasteiger partial charge on any atom is -0.847 e. The summed E-state index contributed by atoms with van der Waals surface area (Å²) in [6.45, 7) is 5.12. The first-order valence-electron chi connectivity index (χ1n) is 13.3. The monoisotopic (exact) mass is 496 g/mol. The van der Waals surface area contributed by atoms with Crippen LogP contribution in [0.3, 0.4) is 0 Å². The van der Waals surface area contributed by atoms with Gasteiger partial charge in [0.2, 0.25) is 0 Å². The summed E-state index contributed by atoms with van der Waals surface area (Å²) in [5.74, 6) is 0. The maximum Gasteiger partial charge on any atom is 0.132 e. The number of hydrogen-bond donors (Lipinski definition) is 1. The van der Waals surface area contributed by atoms with Crippen LogP contribution in [0.25, 0.3) is 44.1 Å². The van der Waals surface area contributed by atoms with E-state index in [1.54, 1.807) is 0 Å². The van der Waals surface area contributed by atoms with Crippen LogP contribution in [0.5, 0.6) is 0 Å². The Labute approximate surface area is 224 Å². The second-order valence-corrected chi connectivity index (χ2v) is 10.1. The van der Waals surface area contributed by atoms with Gasteiger partial charge in [0.05, 0.1) is 17.8 Å². The predicted octanol–water partition coefficient (Wildman–Crippen LogP) is 6.37. The third-order valence-electron chi connectivity index (χ3n) is 7.69. The average molecular weight is 497 g/mol. The lowest BCUT2D eigenvalue weighted by atomic mass is 9.97. The number of hydrogen-bond acceptors (Lipinski definition) is 1. The summed E-state index contributed by atoms with van der Waals surface area (Å²) in [6.07, 6.45) is -0.782. The fraction of sp³-hybridized carbons (Fsp3) is 0.143. The highest BCUT2D eigenvalue weighted by Gasteiger charge is 2.22. The predicted molar refractivity (Wildman–Crippen MR) is 156 cm³/mol. The Morgan fingerprint density at radius 3 is 2.13 bits per heavy atom. The van der Waals surface area contributed by atoms with Crippen LogP contribution in [0.4, 0.5) is 5.69 Å². The summed E-state index contributed by atoms with van der Waals surface area (Å²) in [5.41, 5.74) is 9.36. The molecule has 0 aliphatic heterocycles. The zero-order valence-corrected chi connectivity index (χ0v) is 21.9. The first-order chi connectivity index (χ1) is 18.6. The molecule has 0 spiro atoms. The van der Waals surface area contributed by atoms with Gasteiger partial charge in [-0.15, -0.1) is 0 Å². The molecule has 0 fully saturated rings. The van der Waals surface area contributed by atoms with Crippen LogP contribution >= 0.6 is 0 Å². The van der Waals surface area contributed by atoms with E-state index in [9.17, 15) is 5.11 Å². The van der Waals surface area contributed by atoms with Crippen molar-refractivity contribution >= 4 is 27.4 Å². The molecule has 0 aliphatic carbocycles. The lowest BCUT2D eigenvalue weighted by Gasteiger charge is -2.24. The number of nitrogens with two attached hydrogens (primary N) is 1. The van der Waals surface area contributed by atoms with Crippen molar-refractivity contribution in [1.82, 2.24) is 4.57 Å². The SMILES string of the molecule is Cc1cccc([NH2+]CC([O-])Cn2c(-c3ccccc3)c(-c3ccccc3)c3ccc4ccccc4c32)c1C. The fourth-order valence-electron chi connectivity index (χ4n) is 5.63. The third kappa shape index (κ3) is 4.41. The fourth-order valence-corrected chi connectivity index (χ4v) is 5.63. The molecule has 1 unspecified atom stereocenters. The van der Waals surface area contributed by atoms with Gasteiger partial charge in [-0.05, 0) is 42.0 Å². The van der Waals surface area contributed by atoms with Gasteiger partial charge >= 0.3 is 0 Å². The van der Waals surface area contributed by atoms with Crippen molar-refractivity contribution in [3.8, 4) is 22.4 Å². The van der Waals surface area contributed by atoms with Gasteiger partial charge in [0.15, 0.2) is 0 Å². The highest BCUT2D eigenvalue weighted by Crippen LogP contribution is 2.43. The first kappa shape index (κ1) is 24.2. The van der Waals surface area contributed by atoms with E-state index in [4.69, 9.17) is 0 Å². The number of aromatic nitrogens is 1. The smallest absolute Gasteiger partial charge is 0.132 e. The Morgan fingerprint density at radius 1 is 0.684 bits per heavy atom. The number of rotatable bonds is 7. The summed E-state index contributed by atoms with van der Waals surface area (Å²) < 4.78 is 2.30. The molecule has 1 aromatic heterocycles. The molecule has 1 atom stereocenters.